The van der Waals surface area contributed by atoms with Crippen LogP contribution in [0.25, 0.3) is 0 Å². The monoisotopic (exact) mass is 331 g/mol. The number of carbonyl (C=O) groups excluding carboxylic acids is 1. The van der Waals surface area contributed by atoms with Crippen molar-refractivity contribution < 1.29 is 32.0 Å². The van der Waals surface area contributed by atoms with Crippen molar-refractivity contribution in [2.75, 3.05) is 7.11 Å². The predicted molar refractivity (Wildman–Crippen MR) is 81.5 cm³/mol. The quantitative estimate of drug-likeness (QED) is 0.816. The van der Waals surface area contributed by atoms with E-state index in [1.807, 2.05) is 13.8 Å². The van der Waals surface area contributed by atoms with Gasteiger partial charge in [-0.1, -0.05) is 6.92 Å². The predicted octanol–water partition coefficient (Wildman–Crippen LogP) is 2.98. The third-order valence-electron chi connectivity index (χ3n) is 2.63. The second-order valence-corrected chi connectivity index (χ2v) is 4.37. The number of hydrogen-bond donors (Lipinski definition) is 2. The van der Waals surface area contributed by atoms with Gasteiger partial charge < -0.3 is 29.0 Å². The summed E-state index contributed by atoms with van der Waals surface area (Å²) < 4.78 is 5.20. The van der Waals surface area contributed by atoms with Crippen LogP contribution in [0, 0.1) is 13.8 Å². The minimum Gasteiger partial charge on any atom is -0.508 e. The van der Waals surface area contributed by atoms with Crippen LogP contribution in [0.4, 0.5) is 0 Å². The van der Waals surface area contributed by atoms with Gasteiger partial charge in [-0.05, 0) is 31.2 Å². The van der Waals surface area contributed by atoms with Crippen LogP contribution in [0.15, 0.2) is 24.3 Å². The van der Waals surface area contributed by atoms with Crippen molar-refractivity contribution in [3.8, 4) is 5.75 Å². The fourth-order valence-electron chi connectivity index (χ4n) is 1.57. The second-order valence-electron chi connectivity index (χ2n) is 4.37. The minimum absolute atomic E-state index is 0. The molecule has 0 aromatic heterocycles. The summed E-state index contributed by atoms with van der Waals surface area (Å²) in [6.45, 7) is 11.1. The fourth-order valence-corrected chi connectivity index (χ4v) is 1.57. The molecule has 0 aliphatic heterocycles. The number of ether oxygens (including phenoxy) is 1. The van der Waals surface area contributed by atoms with Gasteiger partial charge in [0.1, 0.15) is 5.75 Å². The van der Waals surface area contributed by atoms with E-state index in [1.165, 1.54) is 12.1 Å². The van der Waals surface area contributed by atoms with Crippen molar-refractivity contribution in [1.29, 1.82) is 0 Å². The van der Waals surface area contributed by atoms with Crippen LogP contribution in [0.1, 0.15) is 37.0 Å². The molecular formula is C16H25CrNO3. The van der Waals surface area contributed by atoms with E-state index >= 15 is 0 Å². The number of nitrogens with one attached hydrogen (secondary N) is 1. The first-order chi connectivity index (χ1) is 9.49. The Morgan fingerprint density at radius 2 is 1.81 bits per heavy atom. The number of rotatable bonds is 5. The number of benzene rings is 1. The molecule has 1 rings (SSSR count). The Morgan fingerprint density at radius 1 is 1.33 bits per heavy atom. The molecule has 0 aliphatic carbocycles. The molecule has 4 nitrogen and oxygen atoms in total. The van der Waals surface area contributed by atoms with Crippen LogP contribution in [-0.4, -0.2) is 30.3 Å². The maximum atomic E-state index is 11.8. The summed E-state index contributed by atoms with van der Waals surface area (Å²) >= 11 is 0. The molecule has 0 radical (unpaired) electrons. The molecular weight excluding hydrogens is 306 g/mol. The van der Waals surface area contributed by atoms with E-state index in [9.17, 15) is 4.79 Å². The van der Waals surface area contributed by atoms with Crippen molar-refractivity contribution in [1.82, 2.24) is 5.32 Å². The van der Waals surface area contributed by atoms with Gasteiger partial charge in [-0.15, -0.1) is 0 Å². The number of aromatic hydroxyl groups is 1. The average molecular weight is 331 g/mol. The van der Waals surface area contributed by atoms with Gasteiger partial charge in [0.25, 0.3) is 5.91 Å². The van der Waals surface area contributed by atoms with Crippen LogP contribution in [0.3, 0.4) is 0 Å². The largest absolute Gasteiger partial charge is 2.00 e. The van der Waals surface area contributed by atoms with Crippen LogP contribution >= 0.6 is 0 Å². The zero-order valence-electron chi connectivity index (χ0n) is 13.0. The molecule has 21 heavy (non-hydrogen) atoms. The van der Waals surface area contributed by atoms with E-state index in [-0.39, 0.29) is 41.2 Å². The molecule has 0 saturated carbocycles. The second kappa shape index (κ2) is 12.7. The smallest absolute Gasteiger partial charge is 0.508 e. The van der Waals surface area contributed by atoms with Gasteiger partial charge in [-0.2, -0.15) is 12.8 Å². The Hall–Kier alpha value is -1.02. The molecule has 1 aromatic carbocycles. The normalized spacial score (nSPS) is 12.2. The van der Waals surface area contributed by atoms with Crippen molar-refractivity contribution in [2.24, 2.45) is 0 Å². The number of carbonyl (C=O) groups is 1. The van der Waals surface area contributed by atoms with Gasteiger partial charge in [-0.3, -0.25) is 4.79 Å². The molecule has 2 unspecified atom stereocenters. The van der Waals surface area contributed by atoms with Crippen molar-refractivity contribution in [2.45, 2.75) is 38.8 Å². The molecule has 0 spiro atoms. The van der Waals surface area contributed by atoms with Crippen LogP contribution in [0.5, 0.6) is 5.75 Å². The van der Waals surface area contributed by atoms with Gasteiger partial charge in [0.05, 0.1) is 6.10 Å². The summed E-state index contributed by atoms with van der Waals surface area (Å²) in [5.74, 6) is -0.0462. The van der Waals surface area contributed by atoms with E-state index in [4.69, 9.17) is 9.84 Å². The summed E-state index contributed by atoms with van der Waals surface area (Å²) in [5, 5.41) is 12.0. The first-order valence-corrected chi connectivity index (χ1v) is 6.71. The Bertz CT molecular complexity index is 378. The van der Waals surface area contributed by atoms with E-state index in [1.54, 1.807) is 19.2 Å². The molecule has 2 atom stereocenters. The summed E-state index contributed by atoms with van der Waals surface area (Å²) in [6, 6.07) is 6.00. The van der Waals surface area contributed by atoms with Crippen LogP contribution < -0.4 is 5.32 Å². The third-order valence-corrected chi connectivity index (χ3v) is 2.63. The van der Waals surface area contributed by atoms with Crippen molar-refractivity contribution in [3.63, 3.8) is 0 Å². The van der Waals surface area contributed by atoms with Gasteiger partial charge in [0, 0.05) is 18.7 Å². The number of phenols is 1. The van der Waals surface area contributed by atoms with E-state index in [0.717, 1.165) is 6.42 Å². The maximum absolute atomic E-state index is 11.8. The molecule has 1 aromatic rings. The third kappa shape index (κ3) is 8.77. The zero-order chi connectivity index (χ0) is 15.5. The van der Waals surface area contributed by atoms with E-state index < -0.39 is 0 Å². The summed E-state index contributed by atoms with van der Waals surface area (Å²) in [7, 11) is 1.60. The molecule has 2 N–H and O–H groups in total. The molecule has 118 valence electrons. The van der Waals surface area contributed by atoms with Crippen LogP contribution in [-0.2, 0) is 22.1 Å². The Morgan fingerprint density at radius 3 is 2.19 bits per heavy atom. The topological polar surface area (TPSA) is 58.6 Å². The molecule has 0 saturated heterocycles. The summed E-state index contributed by atoms with van der Waals surface area (Å²) in [6.07, 6.45) is 1.49. The van der Waals surface area contributed by atoms with Crippen LogP contribution in [0.2, 0.25) is 0 Å². The molecule has 0 heterocycles. The first-order valence-electron chi connectivity index (χ1n) is 6.71. The first kappa shape index (κ1) is 22.3. The molecule has 0 fully saturated rings. The van der Waals surface area contributed by atoms with Gasteiger partial charge >= 0.3 is 17.4 Å². The van der Waals surface area contributed by atoms with Crippen molar-refractivity contribution >= 4 is 5.91 Å². The number of amides is 1. The number of methoxy groups -OCH3 is 1. The van der Waals surface area contributed by atoms with Crippen molar-refractivity contribution in [3.05, 3.63) is 43.7 Å². The number of phenolic OH excluding ortho intramolecular Hbond substituents is 1. The van der Waals surface area contributed by atoms with E-state index in [0.29, 0.717) is 12.0 Å². The van der Waals surface area contributed by atoms with E-state index in [2.05, 4.69) is 19.2 Å². The number of hydrogen-bond acceptors (Lipinski definition) is 3. The molecule has 0 aliphatic rings. The fraction of sp³-hybridized carbons (Fsp3) is 0.438. The Kier molecular flexibility index (Phi) is 13.5. The summed E-state index contributed by atoms with van der Waals surface area (Å²) in [4.78, 5) is 11.8. The Balaban J connectivity index is 0. The standard InChI is InChI=1S/C13H18NO3.C3H7.Cr/c1-4-12(17-3)9(2)14-13(16)10-5-7-11(15)8-6-10;1-3-2;/h5-9,12,15H,1,4H2,2-3H3,(H,14,16);1,3H2,2H3;/q2*-1;+2. The molecule has 1 amide bonds. The van der Waals surface area contributed by atoms with Gasteiger partial charge in [0.15, 0.2) is 0 Å². The Labute approximate surface area is 139 Å². The van der Waals surface area contributed by atoms with Gasteiger partial charge in [-0.25, -0.2) is 0 Å². The summed E-state index contributed by atoms with van der Waals surface area (Å²) in [5.41, 5.74) is 0.508. The average Bonchev–Trinajstić information content (AvgIpc) is 2.41. The maximum Gasteiger partial charge on any atom is 2.00 e. The molecule has 0 bridgehead atoms. The SMILES string of the molecule is [CH2-]CC.[CH2-]CC(OC)C(C)NC(=O)c1ccc(O)cc1.[Cr+2]. The zero-order valence-corrected chi connectivity index (χ0v) is 14.2. The van der Waals surface area contributed by atoms with Gasteiger partial charge in [0.2, 0.25) is 0 Å². The minimum atomic E-state index is -0.187. The molecule has 5 heteroatoms.